The lowest BCUT2D eigenvalue weighted by Crippen LogP contribution is -2.43. The molecule has 1 aliphatic rings. The van der Waals surface area contributed by atoms with Crippen molar-refractivity contribution in [3.05, 3.63) is 11.9 Å². The molecule has 2 heterocycles. The predicted octanol–water partition coefficient (Wildman–Crippen LogP) is 0.945. The molecule has 0 radical (unpaired) electrons. The largest absolute Gasteiger partial charge is 0.444 e. The Morgan fingerprint density at radius 2 is 2.27 bits per heavy atom. The quantitative estimate of drug-likeness (QED) is 0.363. The van der Waals surface area contributed by atoms with Crippen molar-refractivity contribution in [1.29, 1.82) is 0 Å². The molecular formula is C13H22N6O3. The summed E-state index contributed by atoms with van der Waals surface area (Å²) in [6.07, 6.45) is 3.01. The van der Waals surface area contributed by atoms with E-state index in [1.165, 1.54) is 0 Å². The number of amidine groups is 1. The smallest absolute Gasteiger partial charge is 0.410 e. The first-order chi connectivity index (χ1) is 10.3. The number of aromatic nitrogens is 3. The van der Waals surface area contributed by atoms with Gasteiger partial charge < -0.3 is 20.6 Å². The molecule has 122 valence electrons. The van der Waals surface area contributed by atoms with E-state index in [1.54, 1.807) is 15.8 Å². The summed E-state index contributed by atoms with van der Waals surface area (Å²) < 4.78 is 7.03. The van der Waals surface area contributed by atoms with E-state index in [4.69, 9.17) is 15.7 Å². The van der Waals surface area contributed by atoms with Gasteiger partial charge in [0.1, 0.15) is 5.60 Å². The molecule has 9 nitrogen and oxygen atoms in total. The third kappa shape index (κ3) is 3.86. The molecule has 0 saturated carbocycles. The molecule has 22 heavy (non-hydrogen) atoms. The number of amides is 1. The number of piperidine rings is 1. The maximum atomic E-state index is 12.1. The number of nitrogens with zero attached hydrogens (tertiary/aromatic N) is 5. The Morgan fingerprint density at radius 3 is 2.91 bits per heavy atom. The van der Waals surface area contributed by atoms with E-state index in [9.17, 15) is 4.79 Å². The van der Waals surface area contributed by atoms with Gasteiger partial charge >= 0.3 is 6.09 Å². The zero-order chi connectivity index (χ0) is 16.3. The third-order valence-corrected chi connectivity index (χ3v) is 3.30. The number of rotatable bonds is 2. The van der Waals surface area contributed by atoms with Crippen LogP contribution in [0.15, 0.2) is 11.4 Å². The fraction of sp³-hybridized carbons (Fsp3) is 0.692. The standard InChI is InChI=1S/C13H22N6O3/c1-13(2,3)22-12(20)18-6-4-5-9(7-18)19-8-10(15-17-19)11(14)16-21/h8-9,21H,4-7H2,1-3H3,(H2,14,16). The Bertz CT molecular complexity index is 562. The van der Waals surface area contributed by atoms with Crippen LogP contribution in [-0.4, -0.2) is 55.7 Å². The second-order valence-electron chi connectivity index (χ2n) is 6.29. The molecule has 2 rings (SSSR count). The topological polar surface area (TPSA) is 119 Å². The summed E-state index contributed by atoms with van der Waals surface area (Å²) in [6.45, 7) is 6.67. The van der Waals surface area contributed by atoms with E-state index in [2.05, 4.69) is 15.5 Å². The Labute approximate surface area is 128 Å². The molecule has 1 aromatic heterocycles. The van der Waals surface area contributed by atoms with Crippen molar-refractivity contribution in [2.75, 3.05) is 13.1 Å². The van der Waals surface area contributed by atoms with Crippen LogP contribution >= 0.6 is 0 Å². The lowest BCUT2D eigenvalue weighted by molar-refractivity contribution is 0.0166. The van der Waals surface area contributed by atoms with Crippen LogP contribution in [0.4, 0.5) is 4.79 Å². The minimum atomic E-state index is -0.517. The molecule has 9 heteroatoms. The molecular weight excluding hydrogens is 288 g/mol. The molecule has 0 spiro atoms. The molecule has 1 fully saturated rings. The first-order valence-electron chi connectivity index (χ1n) is 7.18. The number of likely N-dealkylation sites (tertiary alicyclic amines) is 1. The monoisotopic (exact) mass is 310 g/mol. The number of nitrogens with two attached hydrogens (primary N) is 1. The predicted molar refractivity (Wildman–Crippen MR) is 78.6 cm³/mol. The highest BCUT2D eigenvalue weighted by atomic mass is 16.6. The highest BCUT2D eigenvalue weighted by Crippen LogP contribution is 2.22. The second-order valence-corrected chi connectivity index (χ2v) is 6.29. The van der Waals surface area contributed by atoms with E-state index >= 15 is 0 Å². The first-order valence-corrected chi connectivity index (χ1v) is 7.18. The summed E-state index contributed by atoms with van der Waals surface area (Å²) in [5.74, 6) is -0.0916. The molecule has 1 atom stereocenters. The lowest BCUT2D eigenvalue weighted by Gasteiger charge is -2.33. The second kappa shape index (κ2) is 6.20. The van der Waals surface area contributed by atoms with Crippen LogP contribution in [0.2, 0.25) is 0 Å². The van der Waals surface area contributed by atoms with Gasteiger partial charge in [0.25, 0.3) is 0 Å². The number of hydrogen-bond acceptors (Lipinski definition) is 6. The van der Waals surface area contributed by atoms with Crippen molar-refractivity contribution < 1.29 is 14.7 Å². The van der Waals surface area contributed by atoms with Crippen LogP contribution in [0.1, 0.15) is 45.3 Å². The zero-order valence-electron chi connectivity index (χ0n) is 13.1. The number of carbonyl (C=O) groups is 1. The molecule has 1 saturated heterocycles. The maximum absolute atomic E-state index is 12.1. The van der Waals surface area contributed by atoms with Crippen LogP contribution in [-0.2, 0) is 4.74 Å². The Balaban J connectivity index is 2.04. The van der Waals surface area contributed by atoms with Gasteiger partial charge in [0.2, 0.25) is 0 Å². The lowest BCUT2D eigenvalue weighted by atomic mass is 10.1. The van der Waals surface area contributed by atoms with Crippen molar-refractivity contribution in [2.45, 2.75) is 45.3 Å². The summed E-state index contributed by atoms with van der Waals surface area (Å²) in [5.41, 5.74) is 5.27. The van der Waals surface area contributed by atoms with Gasteiger partial charge in [0, 0.05) is 13.1 Å². The fourth-order valence-electron chi connectivity index (χ4n) is 2.29. The van der Waals surface area contributed by atoms with Crippen molar-refractivity contribution in [1.82, 2.24) is 19.9 Å². The molecule has 0 bridgehead atoms. The van der Waals surface area contributed by atoms with Gasteiger partial charge in [0.05, 0.1) is 12.2 Å². The van der Waals surface area contributed by atoms with Gasteiger partial charge in [-0.15, -0.1) is 5.10 Å². The number of oxime groups is 1. The minimum absolute atomic E-state index is 0.00555. The maximum Gasteiger partial charge on any atom is 0.410 e. The van der Waals surface area contributed by atoms with Crippen LogP contribution in [0.25, 0.3) is 0 Å². The summed E-state index contributed by atoms with van der Waals surface area (Å²) in [7, 11) is 0. The molecule has 1 unspecified atom stereocenters. The van der Waals surface area contributed by atoms with Gasteiger partial charge in [-0.3, -0.25) is 0 Å². The van der Waals surface area contributed by atoms with Crippen LogP contribution in [0, 0.1) is 0 Å². The third-order valence-electron chi connectivity index (χ3n) is 3.30. The van der Waals surface area contributed by atoms with Gasteiger partial charge in [-0.25, -0.2) is 9.48 Å². The van der Waals surface area contributed by atoms with Gasteiger partial charge in [-0.05, 0) is 33.6 Å². The number of hydrogen-bond donors (Lipinski definition) is 2. The van der Waals surface area contributed by atoms with Crippen LogP contribution in [0.3, 0.4) is 0 Å². The molecule has 1 amide bonds. The normalized spacial score (nSPS) is 20.0. The summed E-state index contributed by atoms with van der Waals surface area (Å²) >= 11 is 0. The molecule has 0 aromatic carbocycles. The Morgan fingerprint density at radius 1 is 1.55 bits per heavy atom. The molecule has 0 aliphatic carbocycles. The average molecular weight is 310 g/mol. The van der Waals surface area contributed by atoms with E-state index in [-0.39, 0.29) is 18.0 Å². The summed E-state index contributed by atoms with van der Waals surface area (Å²) in [4.78, 5) is 13.8. The van der Waals surface area contributed by atoms with Crippen molar-refractivity contribution in [3.63, 3.8) is 0 Å². The molecule has 1 aliphatic heterocycles. The van der Waals surface area contributed by atoms with Crippen LogP contribution in [0.5, 0.6) is 0 Å². The minimum Gasteiger partial charge on any atom is -0.444 e. The zero-order valence-corrected chi connectivity index (χ0v) is 13.1. The van der Waals surface area contributed by atoms with E-state index in [1.807, 2.05) is 20.8 Å². The summed E-state index contributed by atoms with van der Waals surface area (Å²) in [5, 5.41) is 19.4. The van der Waals surface area contributed by atoms with Gasteiger partial charge in [0.15, 0.2) is 11.5 Å². The molecule has 1 aromatic rings. The number of carbonyl (C=O) groups excluding carboxylic acids is 1. The average Bonchev–Trinajstić information content (AvgIpc) is 2.94. The van der Waals surface area contributed by atoms with E-state index in [0.717, 1.165) is 12.8 Å². The Kier molecular flexibility index (Phi) is 4.53. The van der Waals surface area contributed by atoms with Crippen molar-refractivity contribution >= 4 is 11.9 Å². The highest BCUT2D eigenvalue weighted by molar-refractivity contribution is 5.94. The van der Waals surface area contributed by atoms with Crippen LogP contribution < -0.4 is 5.73 Å². The fourth-order valence-corrected chi connectivity index (χ4v) is 2.29. The van der Waals surface area contributed by atoms with Crippen molar-refractivity contribution in [2.24, 2.45) is 10.9 Å². The SMILES string of the molecule is CC(C)(C)OC(=O)N1CCCC(n2cc(/C(N)=N/O)nn2)C1. The molecule has 3 N–H and O–H groups in total. The highest BCUT2D eigenvalue weighted by Gasteiger charge is 2.29. The van der Waals surface area contributed by atoms with E-state index < -0.39 is 5.60 Å². The van der Waals surface area contributed by atoms with Gasteiger partial charge in [-0.1, -0.05) is 10.4 Å². The first kappa shape index (κ1) is 16.1. The van der Waals surface area contributed by atoms with Crippen molar-refractivity contribution in [3.8, 4) is 0 Å². The Hall–Kier alpha value is -2.32. The van der Waals surface area contributed by atoms with Gasteiger partial charge in [-0.2, -0.15) is 0 Å². The summed E-state index contributed by atoms with van der Waals surface area (Å²) in [6, 6.07) is -0.00555. The number of ether oxygens (including phenoxy) is 1. The van der Waals surface area contributed by atoms with E-state index in [0.29, 0.717) is 18.8 Å².